The standard InChI is InChI=1S/C23H23N3O5/c1-15-7-8-18(31-15)20-19(21(27)16-5-3-6-17(13-16)30-2)22(28)23(29)26(20)11-4-10-25-12-9-24-14-25/h3,5-9,12-14,19-20H,4,10-11H2,1-2H3. The highest BCUT2D eigenvalue weighted by Gasteiger charge is 2.52. The molecule has 1 aliphatic heterocycles. The molecule has 8 nitrogen and oxygen atoms in total. The maximum Gasteiger partial charge on any atom is 0.291 e. The van der Waals surface area contributed by atoms with Crippen LogP contribution in [0.3, 0.4) is 0 Å². The highest BCUT2D eigenvalue weighted by atomic mass is 16.5. The molecule has 1 amide bonds. The maximum atomic E-state index is 13.4. The molecule has 3 aromatic rings. The van der Waals surface area contributed by atoms with Gasteiger partial charge in [-0.25, -0.2) is 4.98 Å². The van der Waals surface area contributed by atoms with Crippen LogP contribution < -0.4 is 4.74 Å². The molecule has 2 atom stereocenters. The van der Waals surface area contributed by atoms with Crippen LogP contribution >= 0.6 is 0 Å². The van der Waals surface area contributed by atoms with Crippen LogP contribution in [0.15, 0.2) is 59.5 Å². The minimum Gasteiger partial charge on any atom is -0.497 e. The Labute approximate surface area is 179 Å². The lowest BCUT2D eigenvalue weighted by molar-refractivity contribution is -0.140. The van der Waals surface area contributed by atoms with Gasteiger partial charge in [0.1, 0.15) is 29.2 Å². The number of carbonyl (C=O) groups is 3. The average Bonchev–Trinajstić information content (AvgIpc) is 3.50. The molecule has 2 unspecified atom stereocenters. The summed E-state index contributed by atoms with van der Waals surface area (Å²) in [7, 11) is 1.50. The molecule has 0 radical (unpaired) electrons. The molecule has 0 aliphatic carbocycles. The number of amides is 1. The molecule has 1 aliphatic rings. The van der Waals surface area contributed by atoms with Gasteiger partial charge in [0.2, 0.25) is 5.78 Å². The van der Waals surface area contributed by atoms with Crippen LogP contribution in [0.5, 0.6) is 5.75 Å². The Balaban J connectivity index is 1.64. The molecule has 0 spiro atoms. The molecule has 3 heterocycles. The molecule has 1 saturated heterocycles. The summed E-state index contributed by atoms with van der Waals surface area (Å²) in [5, 5.41) is 0. The van der Waals surface area contributed by atoms with E-state index in [4.69, 9.17) is 9.15 Å². The van der Waals surface area contributed by atoms with Gasteiger partial charge in [0, 0.05) is 31.0 Å². The van der Waals surface area contributed by atoms with Gasteiger partial charge in [0.05, 0.1) is 13.4 Å². The molecule has 0 N–H and O–H groups in total. The predicted octanol–water partition coefficient (Wildman–Crippen LogP) is 2.83. The number of benzene rings is 1. The Morgan fingerprint density at radius 2 is 2.03 bits per heavy atom. The van der Waals surface area contributed by atoms with Gasteiger partial charge in [-0.2, -0.15) is 0 Å². The van der Waals surface area contributed by atoms with E-state index in [0.29, 0.717) is 42.3 Å². The fourth-order valence-corrected chi connectivity index (χ4v) is 3.96. The number of hydrogen-bond acceptors (Lipinski definition) is 6. The van der Waals surface area contributed by atoms with Crippen molar-refractivity contribution >= 4 is 17.5 Å². The first-order valence-electron chi connectivity index (χ1n) is 10.0. The van der Waals surface area contributed by atoms with Crippen LogP contribution in [0.2, 0.25) is 0 Å². The number of ether oxygens (including phenoxy) is 1. The Bertz CT molecular complexity index is 1100. The summed E-state index contributed by atoms with van der Waals surface area (Å²) >= 11 is 0. The van der Waals surface area contributed by atoms with Crippen LogP contribution in [0.1, 0.15) is 34.3 Å². The van der Waals surface area contributed by atoms with Crippen molar-refractivity contribution in [2.45, 2.75) is 25.9 Å². The van der Waals surface area contributed by atoms with Crippen LogP contribution in [0.4, 0.5) is 0 Å². The van der Waals surface area contributed by atoms with Crippen molar-refractivity contribution in [3.63, 3.8) is 0 Å². The van der Waals surface area contributed by atoms with Gasteiger partial charge in [0.25, 0.3) is 5.91 Å². The number of aromatic nitrogens is 2. The lowest BCUT2D eigenvalue weighted by atomic mass is 9.88. The van der Waals surface area contributed by atoms with E-state index in [1.807, 2.05) is 10.8 Å². The first-order valence-corrected chi connectivity index (χ1v) is 10.0. The number of Topliss-reactive ketones (excluding diaryl/α,β-unsaturated/α-hetero) is 2. The minimum absolute atomic E-state index is 0.315. The van der Waals surface area contributed by atoms with Crippen molar-refractivity contribution in [1.82, 2.24) is 14.5 Å². The summed E-state index contributed by atoms with van der Waals surface area (Å²) in [6, 6.07) is 9.30. The van der Waals surface area contributed by atoms with E-state index in [9.17, 15) is 14.4 Å². The number of aryl methyl sites for hydroxylation is 2. The summed E-state index contributed by atoms with van der Waals surface area (Å²) in [5.41, 5.74) is 0.319. The summed E-state index contributed by atoms with van der Waals surface area (Å²) < 4.78 is 12.9. The number of rotatable bonds is 8. The van der Waals surface area contributed by atoms with E-state index >= 15 is 0 Å². The third-order valence-corrected chi connectivity index (χ3v) is 5.47. The number of ketones is 2. The second-order valence-electron chi connectivity index (χ2n) is 7.48. The molecule has 1 fully saturated rings. The van der Waals surface area contributed by atoms with E-state index in [2.05, 4.69) is 4.98 Å². The fraction of sp³-hybridized carbons (Fsp3) is 0.304. The molecule has 160 valence electrons. The average molecular weight is 421 g/mol. The van der Waals surface area contributed by atoms with Gasteiger partial charge in [-0.05, 0) is 37.6 Å². The molecule has 2 aromatic heterocycles. The first kappa shape index (κ1) is 20.6. The van der Waals surface area contributed by atoms with Crippen molar-refractivity contribution in [3.05, 3.63) is 72.2 Å². The van der Waals surface area contributed by atoms with Crippen molar-refractivity contribution in [2.75, 3.05) is 13.7 Å². The molecule has 0 bridgehead atoms. The van der Waals surface area contributed by atoms with Gasteiger partial charge in [-0.15, -0.1) is 0 Å². The largest absolute Gasteiger partial charge is 0.497 e. The summed E-state index contributed by atoms with van der Waals surface area (Å²) in [6.07, 6.45) is 5.81. The van der Waals surface area contributed by atoms with Crippen molar-refractivity contribution in [2.24, 2.45) is 5.92 Å². The number of hydrogen-bond donors (Lipinski definition) is 0. The van der Waals surface area contributed by atoms with Crippen LogP contribution in [-0.2, 0) is 16.1 Å². The van der Waals surface area contributed by atoms with Gasteiger partial charge in [0.15, 0.2) is 5.78 Å². The van der Waals surface area contributed by atoms with E-state index < -0.39 is 29.4 Å². The Morgan fingerprint density at radius 3 is 2.71 bits per heavy atom. The third kappa shape index (κ3) is 4.01. The first-order chi connectivity index (χ1) is 15.0. The van der Waals surface area contributed by atoms with E-state index in [1.54, 1.807) is 55.8 Å². The SMILES string of the molecule is COc1cccc(C(=O)C2C(=O)C(=O)N(CCCn3ccnc3)C2c2ccc(C)o2)c1. The zero-order valence-corrected chi connectivity index (χ0v) is 17.4. The highest BCUT2D eigenvalue weighted by Crippen LogP contribution is 2.39. The Morgan fingerprint density at radius 1 is 1.19 bits per heavy atom. The second kappa shape index (κ2) is 8.59. The third-order valence-electron chi connectivity index (χ3n) is 5.47. The highest BCUT2D eigenvalue weighted by molar-refractivity contribution is 6.44. The number of methoxy groups -OCH3 is 1. The Kier molecular flexibility index (Phi) is 5.70. The number of imidazole rings is 1. The lowest BCUT2D eigenvalue weighted by Gasteiger charge is -2.25. The lowest BCUT2D eigenvalue weighted by Crippen LogP contribution is -2.32. The van der Waals surface area contributed by atoms with Crippen molar-refractivity contribution < 1.29 is 23.5 Å². The molecule has 31 heavy (non-hydrogen) atoms. The molecule has 1 aromatic carbocycles. The van der Waals surface area contributed by atoms with E-state index in [-0.39, 0.29) is 0 Å². The van der Waals surface area contributed by atoms with Crippen molar-refractivity contribution in [1.29, 1.82) is 0 Å². The summed E-state index contributed by atoms with van der Waals surface area (Å²) in [4.78, 5) is 44.7. The molecular weight excluding hydrogens is 398 g/mol. The zero-order valence-electron chi connectivity index (χ0n) is 17.4. The number of nitrogens with zero attached hydrogens (tertiary/aromatic N) is 3. The normalized spacial score (nSPS) is 18.6. The minimum atomic E-state index is -1.17. The van der Waals surface area contributed by atoms with Gasteiger partial charge < -0.3 is 18.6 Å². The number of likely N-dealkylation sites (tertiary alicyclic amines) is 1. The zero-order chi connectivity index (χ0) is 22.0. The van der Waals surface area contributed by atoms with Crippen LogP contribution in [0.25, 0.3) is 0 Å². The summed E-state index contributed by atoms with van der Waals surface area (Å²) in [6.45, 7) is 2.73. The molecule has 4 rings (SSSR count). The van der Waals surface area contributed by atoms with Gasteiger partial charge >= 0.3 is 0 Å². The van der Waals surface area contributed by atoms with Gasteiger partial charge in [-0.3, -0.25) is 14.4 Å². The maximum absolute atomic E-state index is 13.4. The predicted molar refractivity (Wildman–Crippen MR) is 111 cm³/mol. The Hall–Kier alpha value is -3.68. The van der Waals surface area contributed by atoms with Crippen LogP contribution in [0, 0.1) is 12.8 Å². The van der Waals surface area contributed by atoms with Crippen molar-refractivity contribution in [3.8, 4) is 5.75 Å². The number of furan rings is 1. The number of carbonyl (C=O) groups excluding carboxylic acids is 3. The van der Waals surface area contributed by atoms with E-state index in [1.165, 1.54) is 12.0 Å². The molecule has 0 saturated carbocycles. The van der Waals surface area contributed by atoms with Gasteiger partial charge in [-0.1, -0.05) is 12.1 Å². The second-order valence-corrected chi connectivity index (χ2v) is 7.48. The van der Waals surface area contributed by atoms with Crippen LogP contribution in [-0.4, -0.2) is 45.6 Å². The summed E-state index contributed by atoms with van der Waals surface area (Å²) in [5.74, 6) is -1.38. The van der Waals surface area contributed by atoms with E-state index in [0.717, 1.165) is 0 Å². The molecular formula is C23H23N3O5. The monoisotopic (exact) mass is 421 g/mol. The quantitative estimate of drug-likeness (QED) is 0.315. The molecule has 8 heteroatoms. The fourth-order valence-electron chi connectivity index (χ4n) is 3.96. The smallest absolute Gasteiger partial charge is 0.291 e. The topological polar surface area (TPSA) is 94.6 Å².